The van der Waals surface area contributed by atoms with Crippen LogP contribution in [0.2, 0.25) is 0 Å². The van der Waals surface area contributed by atoms with E-state index in [9.17, 15) is 9.59 Å². The van der Waals surface area contributed by atoms with Crippen molar-refractivity contribution in [2.45, 2.75) is 26.4 Å². The lowest BCUT2D eigenvalue weighted by Gasteiger charge is -2.23. The van der Waals surface area contributed by atoms with Crippen LogP contribution >= 0.6 is 0 Å². The van der Waals surface area contributed by atoms with E-state index >= 15 is 0 Å². The van der Waals surface area contributed by atoms with Gasteiger partial charge in [-0.2, -0.15) is 0 Å². The first kappa shape index (κ1) is 13.7. The van der Waals surface area contributed by atoms with Gasteiger partial charge in [0.05, 0.1) is 6.61 Å². The predicted octanol–water partition coefficient (Wildman–Crippen LogP) is 0.531. The van der Waals surface area contributed by atoms with Crippen LogP contribution < -0.4 is 5.48 Å². The molecule has 0 bridgehead atoms. The summed E-state index contributed by atoms with van der Waals surface area (Å²) in [5.74, 6) is -0.524. The second-order valence-electron chi connectivity index (χ2n) is 3.63. The number of hydrogen-bond acceptors (Lipinski definition) is 4. The molecule has 0 saturated heterocycles. The van der Waals surface area contributed by atoms with Crippen LogP contribution in [0.1, 0.15) is 20.8 Å². The number of urea groups is 1. The van der Waals surface area contributed by atoms with Crippen LogP contribution in [0.15, 0.2) is 0 Å². The van der Waals surface area contributed by atoms with Crippen molar-refractivity contribution in [3.63, 3.8) is 0 Å². The third-order valence-electron chi connectivity index (χ3n) is 1.57. The summed E-state index contributed by atoms with van der Waals surface area (Å²) in [7, 11) is 3.13. The van der Waals surface area contributed by atoms with Gasteiger partial charge in [0.2, 0.25) is 0 Å². The van der Waals surface area contributed by atoms with E-state index in [0.717, 1.165) is 0 Å². The van der Waals surface area contributed by atoms with E-state index in [1.54, 1.807) is 21.0 Å². The Morgan fingerprint density at radius 2 is 1.87 bits per heavy atom. The quantitative estimate of drug-likeness (QED) is 0.552. The summed E-state index contributed by atoms with van der Waals surface area (Å²) < 4.78 is 4.77. The number of ether oxygens (including phenoxy) is 1. The van der Waals surface area contributed by atoms with Crippen LogP contribution in [0.5, 0.6) is 0 Å². The van der Waals surface area contributed by atoms with Gasteiger partial charge in [-0.05, 0) is 20.8 Å². The molecule has 0 unspecified atom stereocenters. The molecule has 1 N–H and O–H groups in total. The molecule has 0 aliphatic heterocycles. The summed E-state index contributed by atoms with van der Waals surface area (Å²) in [6.45, 7) is 5.00. The monoisotopic (exact) mass is 218 g/mol. The number of amides is 2. The van der Waals surface area contributed by atoms with Gasteiger partial charge in [-0.3, -0.25) is 4.84 Å². The van der Waals surface area contributed by atoms with Crippen molar-refractivity contribution in [2.24, 2.45) is 0 Å². The average Bonchev–Trinajstić information content (AvgIpc) is 2.14. The number of esters is 1. The zero-order chi connectivity index (χ0) is 12.1. The highest BCUT2D eigenvalue weighted by Gasteiger charge is 2.31. The van der Waals surface area contributed by atoms with Crippen LogP contribution in [-0.4, -0.2) is 43.2 Å². The molecule has 0 radical (unpaired) electrons. The number of carbonyl (C=O) groups is 2. The minimum Gasteiger partial charge on any atom is -0.464 e. The number of carbonyl (C=O) groups excluding carboxylic acids is 2. The van der Waals surface area contributed by atoms with Gasteiger partial charge in [0, 0.05) is 14.1 Å². The van der Waals surface area contributed by atoms with Gasteiger partial charge >= 0.3 is 12.0 Å². The zero-order valence-electron chi connectivity index (χ0n) is 9.79. The fourth-order valence-electron chi connectivity index (χ4n) is 0.609. The fourth-order valence-corrected chi connectivity index (χ4v) is 0.609. The van der Waals surface area contributed by atoms with Crippen molar-refractivity contribution in [3.8, 4) is 0 Å². The smallest absolute Gasteiger partial charge is 0.340 e. The molecule has 0 rings (SSSR count). The second kappa shape index (κ2) is 5.55. The lowest BCUT2D eigenvalue weighted by Crippen LogP contribution is -2.45. The summed E-state index contributed by atoms with van der Waals surface area (Å²) in [6.07, 6.45) is 0. The van der Waals surface area contributed by atoms with Gasteiger partial charge < -0.3 is 9.64 Å². The maximum Gasteiger partial charge on any atom is 0.340 e. The number of nitrogens with zero attached hydrogens (tertiary/aromatic N) is 1. The molecule has 0 saturated carbocycles. The third-order valence-corrected chi connectivity index (χ3v) is 1.57. The molecule has 88 valence electrons. The summed E-state index contributed by atoms with van der Waals surface area (Å²) in [5.41, 5.74) is 0.955. The van der Waals surface area contributed by atoms with Gasteiger partial charge in [-0.25, -0.2) is 15.1 Å². The lowest BCUT2D eigenvalue weighted by molar-refractivity contribution is -0.173. The van der Waals surface area contributed by atoms with Crippen molar-refractivity contribution in [1.82, 2.24) is 10.4 Å². The Morgan fingerprint density at radius 1 is 1.33 bits per heavy atom. The Bertz CT molecular complexity index is 238. The summed E-state index contributed by atoms with van der Waals surface area (Å²) in [6, 6.07) is -0.438. The molecule has 0 aromatic carbocycles. The first-order valence-electron chi connectivity index (χ1n) is 4.63. The molecule has 0 aliphatic rings. The van der Waals surface area contributed by atoms with E-state index in [0.29, 0.717) is 0 Å². The molecular formula is C9H18N2O4. The molecule has 0 spiro atoms. The predicted molar refractivity (Wildman–Crippen MR) is 54.0 cm³/mol. The maximum absolute atomic E-state index is 11.3. The molecule has 0 aliphatic carbocycles. The van der Waals surface area contributed by atoms with E-state index < -0.39 is 17.6 Å². The zero-order valence-corrected chi connectivity index (χ0v) is 9.79. The summed E-state index contributed by atoms with van der Waals surface area (Å²) in [5, 5.41) is 0. The van der Waals surface area contributed by atoms with Gasteiger partial charge in [0.25, 0.3) is 0 Å². The first-order valence-corrected chi connectivity index (χ1v) is 4.63. The van der Waals surface area contributed by atoms with Crippen molar-refractivity contribution >= 4 is 12.0 Å². The van der Waals surface area contributed by atoms with Crippen molar-refractivity contribution < 1.29 is 19.2 Å². The largest absolute Gasteiger partial charge is 0.464 e. The number of hydrogen-bond donors (Lipinski definition) is 1. The van der Waals surface area contributed by atoms with Crippen LogP contribution in [0, 0.1) is 0 Å². The highest BCUT2D eigenvalue weighted by molar-refractivity contribution is 5.79. The molecular weight excluding hydrogens is 200 g/mol. The topological polar surface area (TPSA) is 67.9 Å². The maximum atomic E-state index is 11.3. The normalized spacial score (nSPS) is 10.7. The van der Waals surface area contributed by atoms with E-state index in [-0.39, 0.29) is 6.61 Å². The van der Waals surface area contributed by atoms with Crippen molar-refractivity contribution in [1.29, 1.82) is 0 Å². The van der Waals surface area contributed by atoms with Gasteiger partial charge in [-0.1, -0.05) is 0 Å². The lowest BCUT2D eigenvalue weighted by atomic mass is 10.1. The number of hydroxylamine groups is 1. The molecule has 6 nitrogen and oxygen atoms in total. The van der Waals surface area contributed by atoms with Crippen molar-refractivity contribution in [3.05, 3.63) is 0 Å². The van der Waals surface area contributed by atoms with Gasteiger partial charge in [0.1, 0.15) is 0 Å². The molecule has 6 heteroatoms. The second-order valence-corrected chi connectivity index (χ2v) is 3.63. The Hall–Kier alpha value is -1.30. The van der Waals surface area contributed by atoms with Crippen LogP contribution in [0.3, 0.4) is 0 Å². The van der Waals surface area contributed by atoms with E-state index in [1.165, 1.54) is 18.7 Å². The summed E-state index contributed by atoms with van der Waals surface area (Å²) >= 11 is 0. The van der Waals surface area contributed by atoms with E-state index in [4.69, 9.17) is 9.57 Å². The van der Waals surface area contributed by atoms with Gasteiger partial charge in [-0.15, -0.1) is 0 Å². The Kier molecular flexibility index (Phi) is 5.07. The molecule has 2 amide bonds. The Balaban J connectivity index is 4.14. The third kappa shape index (κ3) is 4.64. The van der Waals surface area contributed by atoms with Crippen LogP contribution in [0.25, 0.3) is 0 Å². The van der Waals surface area contributed by atoms with Crippen LogP contribution in [0.4, 0.5) is 4.79 Å². The molecule has 0 aromatic rings. The molecule has 0 heterocycles. The molecule has 0 fully saturated rings. The standard InChI is InChI=1S/C9H18N2O4/c1-6-14-7(12)9(2,3)15-10-8(13)11(4)5/h6H2,1-5H3,(H,10,13). The molecule has 0 atom stereocenters. The number of rotatable bonds is 4. The number of nitrogens with one attached hydrogen (secondary N) is 1. The highest BCUT2D eigenvalue weighted by Crippen LogP contribution is 2.09. The Morgan fingerprint density at radius 3 is 2.27 bits per heavy atom. The molecule has 0 aromatic heterocycles. The SMILES string of the molecule is CCOC(=O)C(C)(C)ONC(=O)N(C)C. The Labute approximate surface area is 89.5 Å². The minimum atomic E-state index is -1.19. The van der Waals surface area contributed by atoms with E-state index in [2.05, 4.69) is 5.48 Å². The highest BCUT2D eigenvalue weighted by atomic mass is 16.7. The summed E-state index contributed by atoms with van der Waals surface area (Å²) in [4.78, 5) is 28.7. The van der Waals surface area contributed by atoms with Crippen LogP contribution in [-0.2, 0) is 14.4 Å². The van der Waals surface area contributed by atoms with Crippen molar-refractivity contribution in [2.75, 3.05) is 20.7 Å². The molecule has 15 heavy (non-hydrogen) atoms. The fraction of sp³-hybridized carbons (Fsp3) is 0.778. The first-order chi connectivity index (χ1) is 6.81. The van der Waals surface area contributed by atoms with Gasteiger partial charge in [0.15, 0.2) is 5.60 Å². The average molecular weight is 218 g/mol. The minimum absolute atomic E-state index is 0.271. The van der Waals surface area contributed by atoms with E-state index in [1.807, 2.05) is 0 Å².